The Labute approximate surface area is 269 Å². The van der Waals surface area contributed by atoms with E-state index in [1.165, 1.54) is 12.1 Å². The first-order valence-electron chi connectivity index (χ1n) is 16.0. The molecule has 7 nitrogen and oxygen atoms in total. The molecule has 1 unspecified atom stereocenters. The molecular formula is C35H47F4N3O4. The summed E-state index contributed by atoms with van der Waals surface area (Å²) in [6.07, 6.45) is -3.03. The smallest absolute Gasteiger partial charge is 0.422 e. The molecule has 2 heterocycles. The van der Waals surface area contributed by atoms with Crippen LogP contribution in [0.15, 0.2) is 48.5 Å². The second kappa shape index (κ2) is 14.2. The Balaban J connectivity index is 1.48. The van der Waals surface area contributed by atoms with Crippen LogP contribution >= 0.6 is 0 Å². The molecule has 0 aromatic heterocycles. The number of alkyl halides is 3. The molecule has 2 amide bonds. The number of halogens is 4. The third-order valence-corrected chi connectivity index (χ3v) is 8.60. The van der Waals surface area contributed by atoms with Crippen molar-refractivity contribution in [1.82, 2.24) is 14.7 Å². The molecule has 2 aromatic rings. The quantitative estimate of drug-likeness (QED) is 0.292. The number of ether oxygens (including phenoxy) is 2. The number of likely N-dealkylation sites (tertiary alicyclic amines) is 1. The van der Waals surface area contributed by atoms with Crippen molar-refractivity contribution in [2.45, 2.75) is 84.7 Å². The van der Waals surface area contributed by atoms with Crippen molar-refractivity contribution < 1.29 is 36.6 Å². The minimum atomic E-state index is -4.58. The normalized spacial score (nSPS) is 19.6. The number of nitrogens with zero attached hydrogens (tertiary/aromatic N) is 3. The molecule has 2 saturated heterocycles. The average Bonchev–Trinajstić information content (AvgIpc) is 2.96. The number of amides is 2. The number of rotatable bonds is 7. The first-order valence-corrected chi connectivity index (χ1v) is 16.0. The van der Waals surface area contributed by atoms with Gasteiger partial charge >= 0.3 is 12.3 Å². The summed E-state index contributed by atoms with van der Waals surface area (Å²) in [4.78, 5) is 32.2. The molecule has 0 radical (unpaired) electrons. The van der Waals surface area contributed by atoms with Crippen LogP contribution in [0.25, 0.3) is 0 Å². The van der Waals surface area contributed by atoms with Gasteiger partial charge in [0.05, 0.1) is 6.04 Å². The van der Waals surface area contributed by atoms with Gasteiger partial charge in [-0.15, -0.1) is 0 Å². The van der Waals surface area contributed by atoms with E-state index >= 15 is 4.39 Å². The summed E-state index contributed by atoms with van der Waals surface area (Å²) in [5.74, 6) is -1.05. The van der Waals surface area contributed by atoms with E-state index in [2.05, 4.69) is 25.7 Å². The molecule has 254 valence electrons. The number of hydrogen-bond acceptors (Lipinski definition) is 5. The number of hydrogen-bond donors (Lipinski definition) is 0. The Morgan fingerprint density at radius 2 is 1.54 bits per heavy atom. The first kappa shape index (κ1) is 35.5. The molecule has 2 fully saturated rings. The average molecular weight is 650 g/mol. The lowest BCUT2D eigenvalue weighted by atomic mass is 9.82. The molecule has 2 atom stereocenters. The minimum absolute atomic E-state index is 0.0868. The minimum Gasteiger partial charge on any atom is -0.481 e. The highest BCUT2D eigenvalue weighted by Crippen LogP contribution is 2.37. The zero-order chi connectivity index (χ0) is 33.9. The maximum absolute atomic E-state index is 15.1. The van der Waals surface area contributed by atoms with Crippen molar-refractivity contribution in [1.29, 1.82) is 0 Å². The van der Waals surface area contributed by atoms with Crippen molar-refractivity contribution in [3.8, 4) is 5.75 Å². The number of carbonyl (C=O) groups excluding carboxylic acids is 2. The maximum atomic E-state index is 15.1. The largest absolute Gasteiger partial charge is 0.481 e. The second-order valence-electron chi connectivity index (χ2n) is 14.5. The van der Waals surface area contributed by atoms with Gasteiger partial charge in [0.15, 0.2) is 18.2 Å². The van der Waals surface area contributed by atoms with Gasteiger partial charge in [-0.1, -0.05) is 57.2 Å². The van der Waals surface area contributed by atoms with Crippen molar-refractivity contribution in [2.24, 2.45) is 11.3 Å². The fourth-order valence-corrected chi connectivity index (χ4v) is 6.30. The lowest BCUT2D eigenvalue weighted by Gasteiger charge is -2.50. The third kappa shape index (κ3) is 9.59. The molecule has 4 rings (SSSR count). The van der Waals surface area contributed by atoms with Gasteiger partial charge in [-0.05, 0) is 68.2 Å². The van der Waals surface area contributed by atoms with Gasteiger partial charge in [0, 0.05) is 45.2 Å². The van der Waals surface area contributed by atoms with Crippen LogP contribution in [0.2, 0.25) is 0 Å². The van der Waals surface area contributed by atoms with Gasteiger partial charge in [0.25, 0.3) is 0 Å². The van der Waals surface area contributed by atoms with E-state index in [9.17, 15) is 22.8 Å². The lowest BCUT2D eigenvalue weighted by Crippen LogP contribution is -2.60. The molecule has 11 heteroatoms. The van der Waals surface area contributed by atoms with Gasteiger partial charge < -0.3 is 19.3 Å². The Morgan fingerprint density at radius 3 is 2.11 bits per heavy atom. The SMILES string of the molecule is CC(C)(C)OC(=O)N1CCC(CC(=O)N2CCN(C(c3ccccc3)c3ccc(OCC(F)(F)F)c(F)c3)C[C@@H]2C(C)(C)C)CC1. The molecule has 2 aliphatic rings. The molecule has 2 aromatic carbocycles. The zero-order valence-corrected chi connectivity index (χ0v) is 27.7. The van der Waals surface area contributed by atoms with E-state index in [1.807, 2.05) is 56.0 Å². The summed E-state index contributed by atoms with van der Waals surface area (Å²) in [6, 6.07) is 13.2. The highest BCUT2D eigenvalue weighted by molar-refractivity contribution is 5.77. The summed E-state index contributed by atoms with van der Waals surface area (Å²) in [6.45, 7) is 12.9. The van der Waals surface area contributed by atoms with Gasteiger partial charge in [-0.25, -0.2) is 9.18 Å². The van der Waals surface area contributed by atoms with Gasteiger partial charge in [-0.2, -0.15) is 13.2 Å². The Hall–Kier alpha value is -3.34. The fourth-order valence-electron chi connectivity index (χ4n) is 6.30. The predicted octanol–water partition coefficient (Wildman–Crippen LogP) is 7.45. The fraction of sp³-hybridized carbons (Fsp3) is 0.600. The van der Waals surface area contributed by atoms with E-state index in [4.69, 9.17) is 9.47 Å². The monoisotopic (exact) mass is 649 g/mol. The molecule has 0 aliphatic carbocycles. The molecule has 46 heavy (non-hydrogen) atoms. The van der Waals surface area contributed by atoms with Crippen molar-refractivity contribution in [3.05, 3.63) is 65.5 Å². The Bertz CT molecular complexity index is 1330. The lowest BCUT2D eigenvalue weighted by molar-refractivity contribution is -0.153. The van der Waals surface area contributed by atoms with Crippen molar-refractivity contribution in [3.63, 3.8) is 0 Å². The van der Waals surface area contributed by atoms with Gasteiger partial charge in [0.2, 0.25) is 5.91 Å². The Morgan fingerprint density at radius 1 is 0.891 bits per heavy atom. The highest BCUT2D eigenvalue weighted by Gasteiger charge is 2.41. The first-order chi connectivity index (χ1) is 21.4. The highest BCUT2D eigenvalue weighted by atomic mass is 19.4. The van der Waals surface area contributed by atoms with E-state index in [-0.39, 0.29) is 35.4 Å². The molecule has 0 N–H and O–H groups in total. The number of piperazine rings is 1. The van der Waals surface area contributed by atoms with E-state index in [0.29, 0.717) is 44.7 Å². The summed E-state index contributed by atoms with van der Waals surface area (Å²) >= 11 is 0. The van der Waals surface area contributed by atoms with E-state index in [1.54, 1.807) is 11.0 Å². The molecular weight excluding hydrogens is 602 g/mol. The standard InChI is InChI=1S/C35H47F4N3O4/c1-33(2,3)29-22-41(18-19-42(29)30(43)20-24-14-16-40(17-15-24)32(44)46-34(4,5)6)31(25-10-8-7-9-11-25)26-12-13-28(27(36)21-26)45-23-35(37,38)39/h7-13,21,24,29,31H,14-20,22-23H2,1-6H3/t29-,31?/m1/s1. The molecule has 2 aliphatic heterocycles. The second-order valence-corrected chi connectivity index (χ2v) is 14.5. The molecule has 0 saturated carbocycles. The summed E-state index contributed by atoms with van der Waals surface area (Å²) in [7, 11) is 0. The number of carbonyl (C=O) groups is 2. The van der Waals surface area contributed by atoms with Crippen LogP contribution in [0.5, 0.6) is 5.75 Å². The summed E-state index contributed by atoms with van der Waals surface area (Å²) < 4.78 is 63.4. The van der Waals surface area contributed by atoms with Crippen molar-refractivity contribution >= 4 is 12.0 Å². The van der Waals surface area contributed by atoms with E-state index < -0.39 is 30.0 Å². The van der Waals surface area contributed by atoms with Gasteiger partial charge in [0.1, 0.15) is 5.60 Å². The summed E-state index contributed by atoms with van der Waals surface area (Å²) in [5.41, 5.74) is 0.675. The topological polar surface area (TPSA) is 62.3 Å². The Kier molecular flexibility index (Phi) is 11.0. The van der Waals surface area contributed by atoms with E-state index in [0.717, 1.165) is 18.4 Å². The van der Waals surface area contributed by atoms with Crippen LogP contribution in [-0.2, 0) is 9.53 Å². The third-order valence-electron chi connectivity index (χ3n) is 8.60. The predicted molar refractivity (Wildman–Crippen MR) is 168 cm³/mol. The number of piperidine rings is 1. The van der Waals surface area contributed by atoms with Crippen molar-refractivity contribution in [2.75, 3.05) is 39.3 Å². The van der Waals surface area contributed by atoms with Crippen LogP contribution < -0.4 is 4.74 Å². The van der Waals surface area contributed by atoms with Crippen LogP contribution in [-0.4, -0.2) is 83.9 Å². The van der Waals surface area contributed by atoms with Crippen LogP contribution in [0, 0.1) is 17.2 Å². The molecule has 0 spiro atoms. The van der Waals surface area contributed by atoms with Crippen LogP contribution in [0.4, 0.5) is 22.4 Å². The van der Waals surface area contributed by atoms with Gasteiger partial charge in [-0.3, -0.25) is 9.69 Å². The zero-order valence-electron chi connectivity index (χ0n) is 27.7. The van der Waals surface area contributed by atoms with Crippen LogP contribution in [0.1, 0.15) is 78.0 Å². The van der Waals surface area contributed by atoms with Crippen LogP contribution in [0.3, 0.4) is 0 Å². The maximum Gasteiger partial charge on any atom is 0.422 e. The summed E-state index contributed by atoms with van der Waals surface area (Å²) in [5, 5.41) is 0. The number of benzene rings is 2. The molecule has 0 bridgehead atoms.